The SMILES string of the molecule is Cl.Cn1cc(CN2CCCCC2CN)cn1. The van der Waals surface area contributed by atoms with Gasteiger partial charge in [-0.05, 0) is 19.4 Å². The van der Waals surface area contributed by atoms with E-state index in [1.165, 1.54) is 31.4 Å². The molecule has 0 aliphatic carbocycles. The lowest BCUT2D eigenvalue weighted by Crippen LogP contribution is -2.43. The van der Waals surface area contributed by atoms with E-state index in [2.05, 4.69) is 16.2 Å². The number of likely N-dealkylation sites (tertiary alicyclic amines) is 1. The fourth-order valence-corrected chi connectivity index (χ4v) is 2.32. The van der Waals surface area contributed by atoms with E-state index in [4.69, 9.17) is 5.73 Å². The van der Waals surface area contributed by atoms with Crippen LogP contribution in [0.3, 0.4) is 0 Å². The molecular weight excluding hydrogens is 224 g/mol. The van der Waals surface area contributed by atoms with Crippen molar-refractivity contribution in [3.63, 3.8) is 0 Å². The van der Waals surface area contributed by atoms with Crippen LogP contribution < -0.4 is 5.73 Å². The summed E-state index contributed by atoms with van der Waals surface area (Å²) in [5.74, 6) is 0. The quantitative estimate of drug-likeness (QED) is 0.868. The highest BCUT2D eigenvalue weighted by Crippen LogP contribution is 2.18. The van der Waals surface area contributed by atoms with Crippen LogP contribution in [0.4, 0.5) is 0 Å². The highest BCUT2D eigenvalue weighted by Gasteiger charge is 2.21. The van der Waals surface area contributed by atoms with Gasteiger partial charge in [-0.2, -0.15) is 5.10 Å². The maximum Gasteiger partial charge on any atom is 0.0534 e. The summed E-state index contributed by atoms with van der Waals surface area (Å²) in [6, 6.07) is 0.568. The molecule has 2 heterocycles. The fraction of sp³-hybridized carbons (Fsp3) is 0.727. The molecule has 0 saturated carbocycles. The Bertz CT molecular complexity index is 313. The molecule has 0 aromatic carbocycles. The first kappa shape index (κ1) is 13.5. The number of nitrogens with two attached hydrogens (primary N) is 1. The summed E-state index contributed by atoms with van der Waals surface area (Å²) in [5, 5.41) is 4.19. The van der Waals surface area contributed by atoms with E-state index < -0.39 is 0 Å². The molecule has 1 aliphatic rings. The second-order valence-corrected chi connectivity index (χ2v) is 4.38. The van der Waals surface area contributed by atoms with Crippen molar-refractivity contribution in [2.45, 2.75) is 31.8 Å². The molecule has 16 heavy (non-hydrogen) atoms. The normalized spacial score (nSPS) is 21.8. The van der Waals surface area contributed by atoms with Crippen molar-refractivity contribution in [3.05, 3.63) is 18.0 Å². The molecule has 1 aromatic heterocycles. The van der Waals surface area contributed by atoms with Crippen LogP contribution in [0.15, 0.2) is 12.4 Å². The van der Waals surface area contributed by atoms with Gasteiger partial charge < -0.3 is 5.73 Å². The lowest BCUT2D eigenvalue weighted by atomic mass is 10.0. The Kier molecular flexibility index (Phi) is 5.25. The molecule has 1 fully saturated rings. The van der Waals surface area contributed by atoms with E-state index in [9.17, 15) is 0 Å². The molecule has 0 bridgehead atoms. The van der Waals surface area contributed by atoms with E-state index in [1.807, 2.05) is 17.9 Å². The summed E-state index contributed by atoms with van der Waals surface area (Å²) in [6.45, 7) is 2.95. The van der Waals surface area contributed by atoms with Crippen LogP contribution in [-0.4, -0.2) is 33.8 Å². The summed E-state index contributed by atoms with van der Waals surface area (Å²) in [5.41, 5.74) is 7.08. The predicted octanol–water partition coefficient (Wildman–Crippen LogP) is 1.16. The highest BCUT2D eigenvalue weighted by atomic mass is 35.5. The molecule has 1 unspecified atom stereocenters. The van der Waals surface area contributed by atoms with E-state index in [1.54, 1.807) is 0 Å². The van der Waals surface area contributed by atoms with Gasteiger partial charge in [-0.25, -0.2) is 0 Å². The van der Waals surface area contributed by atoms with Crippen LogP contribution in [0.1, 0.15) is 24.8 Å². The number of piperidine rings is 1. The van der Waals surface area contributed by atoms with E-state index in [-0.39, 0.29) is 12.4 Å². The van der Waals surface area contributed by atoms with Gasteiger partial charge in [0.1, 0.15) is 0 Å². The van der Waals surface area contributed by atoms with Crippen LogP contribution >= 0.6 is 12.4 Å². The molecule has 2 rings (SSSR count). The van der Waals surface area contributed by atoms with Gasteiger partial charge in [0.05, 0.1) is 6.20 Å². The predicted molar refractivity (Wildman–Crippen MR) is 67.6 cm³/mol. The molecule has 1 atom stereocenters. The monoisotopic (exact) mass is 244 g/mol. The van der Waals surface area contributed by atoms with Crippen LogP contribution in [0, 0.1) is 0 Å². The van der Waals surface area contributed by atoms with Gasteiger partial charge in [-0.15, -0.1) is 12.4 Å². The molecular formula is C11H21ClN4. The van der Waals surface area contributed by atoms with Crippen molar-refractivity contribution >= 4 is 12.4 Å². The smallest absolute Gasteiger partial charge is 0.0534 e. The average Bonchev–Trinajstić information content (AvgIpc) is 2.65. The maximum absolute atomic E-state index is 5.79. The van der Waals surface area contributed by atoms with E-state index in [0.29, 0.717) is 6.04 Å². The zero-order chi connectivity index (χ0) is 10.7. The first-order chi connectivity index (χ1) is 7.29. The molecule has 1 aromatic rings. The van der Waals surface area contributed by atoms with Gasteiger partial charge in [-0.1, -0.05) is 6.42 Å². The molecule has 0 radical (unpaired) electrons. The van der Waals surface area contributed by atoms with Crippen LogP contribution in [0.25, 0.3) is 0 Å². The van der Waals surface area contributed by atoms with Crippen LogP contribution in [0.5, 0.6) is 0 Å². The first-order valence-corrected chi connectivity index (χ1v) is 5.71. The lowest BCUT2D eigenvalue weighted by molar-refractivity contribution is 0.145. The largest absolute Gasteiger partial charge is 0.329 e. The third-order valence-corrected chi connectivity index (χ3v) is 3.17. The van der Waals surface area contributed by atoms with Crippen molar-refractivity contribution in [2.24, 2.45) is 12.8 Å². The number of nitrogens with zero attached hydrogens (tertiary/aromatic N) is 3. The number of halogens is 1. The minimum absolute atomic E-state index is 0. The van der Waals surface area contributed by atoms with Crippen molar-refractivity contribution < 1.29 is 0 Å². The molecule has 0 amide bonds. The molecule has 4 nitrogen and oxygen atoms in total. The zero-order valence-electron chi connectivity index (χ0n) is 9.80. The Balaban J connectivity index is 0.00000128. The standard InChI is InChI=1S/C11H20N4.ClH/c1-14-8-10(7-13-14)9-15-5-3-2-4-11(15)6-12;/h7-8,11H,2-6,9,12H2,1H3;1H. The summed E-state index contributed by atoms with van der Waals surface area (Å²) in [6.07, 6.45) is 7.91. The maximum atomic E-state index is 5.79. The number of aromatic nitrogens is 2. The van der Waals surface area contributed by atoms with Gasteiger partial charge in [0, 0.05) is 37.9 Å². The number of rotatable bonds is 3. The molecule has 1 saturated heterocycles. The van der Waals surface area contributed by atoms with Crippen molar-refractivity contribution in [2.75, 3.05) is 13.1 Å². The summed E-state index contributed by atoms with van der Waals surface area (Å²) >= 11 is 0. The average molecular weight is 245 g/mol. The van der Waals surface area contributed by atoms with Crippen LogP contribution in [-0.2, 0) is 13.6 Å². The second kappa shape index (κ2) is 6.23. The highest BCUT2D eigenvalue weighted by molar-refractivity contribution is 5.85. The van der Waals surface area contributed by atoms with Crippen molar-refractivity contribution in [1.82, 2.24) is 14.7 Å². The Labute approximate surface area is 103 Å². The topological polar surface area (TPSA) is 47.1 Å². The Morgan fingerprint density at radius 2 is 2.31 bits per heavy atom. The molecule has 0 spiro atoms. The Morgan fingerprint density at radius 3 is 2.94 bits per heavy atom. The summed E-state index contributed by atoms with van der Waals surface area (Å²) in [4.78, 5) is 2.49. The van der Waals surface area contributed by atoms with Gasteiger partial charge in [-0.3, -0.25) is 9.58 Å². The molecule has 2 N–H and O–H groups in total. The Hall–Kier alpha value is -0.580. The minimum Gasteiger partial charge on any atom is -0.329 e. The van der Waals surface area contributed by atoms with E-state index in [0.717, 1.165) is 13.1 Å². The van der Waals surface area contributed by atoms with Crippen molar-refractivity contribution in [1.29, 1.82) is 0 Å². The number of hydrogen-bond acceptors (Lipinski definition) is 3. The first-order valence-electron chi connectivity index (χ1n) is 5.71. The van der Waals surface area contributed by atoms with E-state index >= 15 is 0 Å². The van der Waals surface area contributed by atoms with Gasteiger partial charge >= 0.3 is 0 Å². The van der Waals surface area contributed by atoms with Gasteiger partial charge in [0.15, 0.2) is 0 Å². The third kappa shape index (κ3) is 3.20. The summed E-state index contributed by atoms with van der Waals surface area (Å²) in [7, 11) is 1.96. The third-order valence-electron chi connectivity index (χ3n) is 3.17. The van der Waals surface area contributed by atoms with Crippen molar-refractivity contribution in [3.8, 4) is 0 Å². The number of aryl methyl sites for hydroxylation is 1. The van der Waals surface area contributed by atoms with Crippen LogP contribution in [0.2, 0.25) is 0 Å². The lowest BCUT2D eigenvalue weighted by Gasteiger charge is -2.34. The van der Waals surface area contributed by atoms with Gasteiger partial charge in [0.25, 0.3) is 0 Å². The summed E-state index contributed by atoms with van der Waals surface area (Å²) < 4.78 is 1.86. The second-order valence-electron chi connectivity index (χ2n) is 4.38. The minimum atomic E-state index is 0. The Morgan fingerprint density at radius 1 is 1.50 bits per heavy atom. The molecule has 5 heteroatoms. The number of hydrogen-bond donors (Lipinski definition) is 1. The van der Waals surface area contributed by atoms with Gasteiger partial charge in [0.2, 0.25) is 0 Å². The zero-order valence-corrected chi connectivity index (χ0v) is 10.6. The molecule has 1 aliphatic heterocycles. The fourth-order valence-electron chi connectivity index (χ4n) is 2.32. The molecule has 92 valence electrons.